The lowest BCUT2D eigenvalue weighted by atomic mass is 10.2. The third-order valence-electron chi connectivity index (χ3n) is 2.14. The molecule has 0 aliphatic rings. The van der Waals surface area contributed by atoms with Crippen LogP contribution in [0.2, 0.25) is 0 Å². The summed E-state index contributed by atoms with van der Waals surface area (Å²) in [5.41, 5.74) is 5.01. The van der Waals surface area contributed by atoms with E-state index in [9.17, 15) is 13.2 Å². The Kier molecular flexibility index (Phi) is 4.68. The predicted octanol–water partition coefficient (Wildman–Crippen LogP) is 3.82. The van der Waals surface area contributed by atoms with Gasteiger partial charge in [0, 0.05) is 4.90 Å². The molecule has 0 atom stereocenters. The maximum atomic E-state index is 12.4. The van der Waals surface area contributed by atoms with Gasteiger partial charge in [-0.05, 0) is 24.2 Å². The van der Waals surface area contributed by atoms with Crippen molar-refractivity contribution in [2.75, 3.05) is 11.5 Å². The summed E-state index contributed by atoms with van der Waals surface area (Å²) in [5, 5.41) is 0. The van der Waals surface area contributed by atoms with E-state index in [-0.39, 0.29) is 0 Å². The number of hydrogen-bond acceptors (Lipinski definition) is 3. The summed E-state index contributed by atoms with van der Waals surface area (Å²) in [6.45, 7) is 4.13. The van der Waals surface area contributed by atoms with Crippen LogP contribution in [0.3, 0.4) is 0 Å². The number of nitrogens with zero attached hydrogens (tertiary/aromatic N) is 1. The summed E-state index contributed by atoms with van der Waals surface area (Å²) >= 11 is 1.34. The number of nitrogens with two attached hydrogens (primary N) is 1. The first-order valence-corrected chi connectivity index (χ1v) is 6.24. The van der Waals surface area contributed by atoms with Gasteiger partial charge >= 0.3 is 6.18 Å². The molecule has 0 fully saturated rings. The first-order valence-electron chi connectivity index (χ1n) is 5.26. The van der Waals surface area contributed by atoms with Crippen molar-refractivity contribution in [3.63, 3.8) is 0 Å². The van der Waals surface area contributed by atoms with Crippen molar-refractivity contribution >= 4 is 17.4 Å². The molecule has 0 bridgehead atoms. The second-order valence-electron chi connectivity index (χ2n) is 4.14. The van der Waals surface area contributed by atoms with Crippen LogP contribution in [0.15, 0.2) is 17.2 Å². The predicted molar refractivity (Wildman–Crippen MR) is 63.8 cm³/mol. The molecule has 0 aliphatic heterocycles. The van der Waals surface area contributed by atoms with Crippen LogP contribution in [-0.4, -0.2) is 10.7 Å². The SMILES string of the molecule is CC(C)CCSc1cc(C(F)(F)F)ncc1N. The largest absolute Gasteiger partial charge is 0.433 e. The Morgan fingerprint density at radius 1 is 1.41 bits per heavy atom. The quantitative estimate of drug-likeness (QED) is 0.840. The number of aromatic nitrogens is 1. The zero-order valence-electron chi connectivity index (χ0n) is 9.71. The molecule has 1 heterocycles. The van der Waals surface area contributed by atoms with Gasteiger partial charge in [0.25, 0.3) is 0 Å². The van der Waals surface area contributed by atoms with Gasteiger partial charge in [0.05, 0.1) is 11.9 Å². The molecule has 96 valence electrons. The summed E-state index contributed by atoms with van der Waals surface area (Å²) in [5.74, 6) is 1.27. The highest BCUT2D eigenvalue weighted by Gasteiger charge is 2.32. The smallest absolute Gasteiger partial charge is 0.397 e. The van der Waals surface area contributed by atoms with Crippen molar-refractivity contribution in [3.8, 4) is 0 Å². The van der Waals surface area contributed by atoms with Gasteiger partial charge in [-0.1, -0.05) is 13.8 Å². The fourth-order valence-electron chi connectivity index (χ4n) is 1.13. The Morgan fingerprint density at radius 2 is 2.06 bits per heavy atom. The number of rotatable bonds is 4. The van der Waals surface area contributed by atoms with Crippen LogP contribution in [0.25, 0.3) is 0 Å². The van der Waals surface area contributed by atoms with Crippen molar-refractivity contribution in [1.82, 2.24) is 4.98 Å². The molecule has 0 unspecified atom stereocenters. The van der Waals surface area contributed by atoms with Crippen LogP contribution in [0.5, 0.6) is 0 Å². The van der Waals surface area contributed by atoms with E-state index in [1.807, 2.05) is 0 Å². The van der Waals surface area contributed by atoms with Gasteiger partial charge in [-0.15, -0.1) is 11.8 Å². The normalized spacial score (nSPS) is 12.1. The zero-order valence-corrected chi connectivity index (χ0v) is 10.5. The van der Waals surface area contributed by atoms with E-state index in [2.05, 4.69) is 18.8 Å². The van der Waals surface area contributed by atoms with Gasteiger partial charge in [-0.2, -0.15) is 13.2 Å². The Morgan fingerprint density at radius 3 is 2.59 bits per heavy atom. The second kappa shape index (κ2) is 5.62. The molecule has 1 rings (SSSR count). The third-order valence-corrected chi connectivity index (χ3v) is 3.24. The average Bonchev–Trinajstić information content (AvgIpc) is 2.18. The standard InChI is InChI=1S/C11H15F3N2S/c1-7(2)3-4-17-9-5-10(11(12,13)14)16-6-8(9)15/h5-7H,3-4,15H2,1-2H3. The lowest BCUT2D eigenvalue weighted by molar-refractivity contribution is -0.141. The fourth-order valence-corrected chi connectivity index (χ4v) is 2.36. The van der Waals surface area contributed by atoms with Crippen molar-refractivity contribution in [1.29, 1.82) is 0 Å². The minimum Gasteiger partial charge on any atom is -0.397 e. The third kappa shape index (κ3) is 4.46. The second-order valence-corrected chi connectivity index (χ2v) is 5.27. The molecule has 0 saturated carbocycles. The Bertz CT molecular complexity index is 377. The van der Waals surface area contributed by atoms with Gasteiger partial charge in [0.15, 0.2) is 0 Å². The molecule has 2 N–H and O–H groups in total. The van der Waals surface area contributed by atoms with E-state index in [0.29, 0.717) is 16.5 Å². The molecule has 17 heavy (non-hydrogen) atoms. The van der Waals surface area contributed by atoms with E-state index in [1.165, 1.54) is 11.8 Å². The molecule has 1 aromatic heterocycles. The Balaban J connectivity index is 2.77. The molecule has 2 nitrogen and oxygen atoms in total. The lowest BCUT2D eigenvalue weighted by Crippen LogP contribution is -2.08. The lowest BCUT2D eigenvalue weighted by Gasteiger charge is -2.10. The molecule has 6 heteroatoms. The topological polar surface area (TPSA) is 38.9 Å². The van der Waals surface area contributed by atoms with Crippen LogP contribution in [-0.2, 0) is 6.18 Å². The maximum Gasteiger partial charge on any atom is 0.433 e. The van der Waals surface area contributed by atoms with Crippen molar-refractivity contribution in [2.45, 2.75) is 31.3 Å². The fraction of sp³-hybridized carbons (Fsp3) is 0.545. The molecule has 0 amide bonds. The molecule has 1 aromatic rings. The summed E-state index contributed by atoms with van der Waals surface area (Å²) in [7, 11) is 0. The van der Waals surface area contributed by atoms with E-state index >= 15 is 0 Å². The average molecular weight is 264 g/mol. The monoisotopic (exact) mass is 264 g/mol. The number of halogens is 3. The van der Waals surface area contributed by atoms with Crippen LogP contribution < -0.4 is 5.73 Å². The minimum atomic E-state index is -4.42. The highest BCUT2D eigenvalue weighted by atomic mass is 32.2. The molecular weight excluding hydrogens is 249 g/mol. The summed E-state index contributed by atoms with van der Waals surface area (Å²) in [4.78, 5) is 3.74. The van der Waals surface area contributed by atoms with Gasteiger partial charge in [-0.3, -0.25) is 0 Å². The zero-order chi connectivity index (χ0) is 13.1. The number of nitrogen functional groups attached to an aromatic ring is 1. The number of alkyl halides is 3. The van der Waals surface area contributed by atoms with Crippen molar-refractivity contribution < 1.29 is 13.2 Å². The minimum absolute atomic E-state index is 0.298. The number of thioether (sulfide) groups is 1. The number of anilines is 1. The molecule has 0 spiro atoms. The first kappa shape index (κ1) is 14.2. The molecule has 0 saturated heterocycles. The van der Waals surface area contributed by atoms with Crippen LogP contribution >= 0.6 is 11.8 Å². The van der Waals surface area contributed by atoms with Gasteiger partial charge in [0.1, 0.15) is 5.69 Å². The van der Waals surface area contributed by atoms with Crippen LogP contribution in [0, 0.1) is 5.92 Å². The van der Waals surface area contributed by atoms with Crippen molar-refractivity contribution in [2.24, 2.45) is 5.92 Å². The van der Waals surface area contributed by atoms with Crippen LogP contribution in [0.1, 0.15) is 26.0 Å². The van der Waals surface area contributed by atoms with Gasteiger partial charge in [-0.25, -0.2) is 4.98 Å². The maximum absolute atomic E-state index is 12.4. The summed E-state index contributed by atoms with van der Waals surface area (Å²) < 4.78 is 37.3. The van der Waals surface area contributed by atoms with E-state index < -0.39 is 11.9 Å². The molecule has 0 aromatic carbocycles. The Hall–Kier alpha value is -0.910. The molecule has 0 radical (unpaired) electrons. The van der Waals surface area contributed by atoms with Crippen molar-refractivity contribution in [3.05, 3.63) is 18.0 Å². The van der Waals surface area contributed by atoms with E-state index in [4.69, 9.17) is 5.73 Å². The molecular formula is C11H15F3N2S. The van der Waals surface area contributed by atoms with Crippen LogP contribution in [0.4, 0.5) is 18.9 Å². The van der Waals surface area contributed by atoms with Gasteiger partial charge in [0.2, 0.25) is 0 Å². The number of hydrogen-bond donors (Lipinski definition) is 1. The summed E-state index contributed by atoms with van der Waals surface area (Å²) in [6.07, 6.45) is -2.41. The summed E-state index contributed by atoms with van der Waals surface area (Å²) in [6, 6.07) is 1.01. The van der Waals surface area contributed by atoms with Gasteiger partial charge < -0.3 is 5.73 Å². The van der Waals surface area contributed by atoms with E-state index in [0.717, 1.165) is 24.4 Å². The van der Waals surface area contributed by atoms with E-state index in [1.54, 1.807) is 0 Å². The first-order chi connectivity index (χ1) is 7.80. The Labute approximate surface area is 103 Å². The highest BCUT2D eigenvalue weighted by Crippen LogP contribution is 2.33. The number of pyridine rings is 1. The molecule has 0 aliphatic carbocycles. The highest BCUT2D eigenvalue weighted by molar-refractivity contribution is 7.99.